The van der Waals surface area contributed by atoms with Crippen molar-refractivity contribution in [1.29, 1.82) is 0 Å². The van der Waals surface area contributed by atoms with Gasteiger partial charge in [0.05, 0.1) is 16.6 Å². The van der Waals surface area contributed by atoms with Crippen LogP contribution in [0.25, 0.3) is 38.1 Å². The van der Waals surface area contributed by atoms with Crippen LogP contribution in [0.4, 0.5) is 0 Å². The van der Waals surface area contributed by atoms with Gasteiger partial charge >= 0.3 is 0 Å². The smallest absolute Gasteiger partial charge is 0.0547 e. The Hall–Kier alpha value is -2.80. The van der Waals surface area contributed by atoms with Gasteiger partial charge in [-0.25, -0.2) is 0 Å². The number of rotatable bonds is 2. The van der Waals surface area contributed by atoms with E-state index in [-0.39, 0.29) is 0 Å². The van der Waals surface area contributed by atoms with Crippen molar-refractivity contribution in [3.63, 3.8) is 0 Å². The van der Waals surface area contributed by atoms with Crippen LogP contribution in [0.5, 0.6) is 0 Å². The van der Waals surface area contributed by atoms with E-state index in [1.54, 1.807) is 0 Å². The lowest BCUT2D eigenvalue weighted by molar-refractivity contribution is 0.923. The Morgan fingerprint density at radius 1 is 0.667 bits per heavy atom. The predicted octanol–water partition coefficient (Wildman–Crippen LogP) is 6.35. The maximum absolute atomic E-state index is 2.42. The summed E-state index contributed by atoms with van der Waals surface area (Å²) in [6, 6.07) is 26.7. The molecule has 2 heterocycles. The van der Waals surface area contributed by atoms with Gasteiger partial charge in [0.1, 0.15) is 0 Å². The first kappa shape index (κ1) is 13.6. The van der Waals surface area contributed by atoms with Crippen molar-refractivity contribution < 1.29 is 0 Å². The molecule has 0 aliphatic rings. The molecule has 0 radical (unpaired) electrons. The Morgan fingerprint density at radius 3 is 2.33 bits per heavy atom. The Balaban J connectivity index is 2.08. The molecule has 5 rings (SSSR count). The maximum Gasteiger partial charge on any atom is 0.0547 e. The predicted molar refractivity (Wildman–Crippen MR) is 104 cm³/mol. The fourth-order valence-electron chi connectivity index (χ4n) is 3.99. The van der Waals surface area contributed by atoms with E-state index in [4.69, 9.17) is 0 Å². The summed E-state index contributed by atoms with van der Waals surface area (Å²) in [5, 5.41) is 5.33. The summed E-state index contributed by atoms with van der Waals surface area (Å²) < 4.78 is 2.42. The van der Waals surface area contributed by atoms with Crippen molar-refractivity contribution in [3.05, 3.63) is 78.4 Å². The third-order valence-electron chi connectivity index (χ3n) is 5.04. The third kappa shape index (κ3) is 1.81. The molecule has 0 saturated carbocycles. The minimum absolute atomic E-state index is 1.13. The summed E-state index contributed by atoms with van der Waals surface area (Å²) in [5.74, 6) is 0. The van der Waals surface area contributed by atoms with Crippen LogP contribution in [0.3, 0.4) is 0 Å². The zero-order chi connectivity index (χ0) is 16.1. The molecule has 5 aromatic rings. The Morgan fingerprint density at radius 2 is 1.46 bits per heavy atom. The van der Waals surface area contributed by atoms with E-state index in [1.807, 2.05) is 0 Å². The summed E-state index contributed by atoms with van der Waals surface area (Å²) in [6.45, 7) is 2.24. The maximum atomic E-state index is 2.42. The quantitative estimate of drug-likeness (QED) is 0.335. The molecule has 0 N–H and O–H groups in total. The molecule has 2 aromatic heterocycles. The van der Waals surface area contributed by atoms with E-state index in [0.29, 0.717) is 0 Å². The van der Waals surface area contributed by atoms with Gasteiger partial charge in [-0.3, -0.25) is 0 Å². The van der Waals surface area contributed by atoms with Crippen molar-refractivity contribution in [2.24, 2.45) is 0 Å². The van der Waals surface area contributed by atoms with Gasteiger partial charge in [0.15, 0.2) is 0 Å². The molecule has 116 valence electrons. The molecule has 0 fully saturated rings. The van der Waals surface area contributed by atoms with Crippen molar-refractivity contribution >= 4 is 38.1 Å². The normalized spacial score (nSPS) is 11.9. The van der Waals surface area contributed by atoms with E-state index < -0.39 is 0 Å². The molecule has 0 amide bonds. The number of hydrogen-bond donors (Lipinski definition) is 0. The molecule has 0 saturated heterocycles. The minimum atomic E-state index is 1.13. The second kappa shape index (κ2) is 5.10. The first-order chi connectivity index (χ1) is 11.9. The monoisotopic (exact) mass is 309 g/mol. The molecule has 0 atom stereocenters. The number of aromatic nitrogens is 1. The van der Waals surface area contributed by atoms with E-state index in [2.05, 4.69) is 84.1 Å². The summed E-state index contributed by atoms with van der Waals surface area (Å²) in [6.07, 6.45) is 2.31. The van der Waals surface area contributed by atoms with Crippen molar-refractivity contribution in [2.75, 3.05) is 0 Å². The van der Waals surface area contributed by atoms with Crippen LogP contribution in [0.1, 0.15) is 18.9 Å². The van der Waals surface area contributed by atoms with Crippen LogP contribution < -0.4 is 0 Å². The average Bonchev–Trinajstić information content (AvgIpc) is 3.02. The van der Waals surface area contributed by atoms with Crippen LogP contribution in [0.15, 0.2) is 72.8 Å². The number of fused-ring (bicyclic) bond motifs is 8. The lowest BCUT2D eigenvalue weighted by Crippen LogP contribution is -1.92. The van der Waals surface area contributed by atoms with Crippen LogP contribution in [-0.2, 0) is 6.42 Å². The molecule has 0 bridgehead atoms. The SMILES string of the molecule is CCCc1ccc2c(c1)c1ccccc1c1cc3ccccc3n21. The largest absolute Gasteiger partial charge is 0.309 e. The second-order valence-electron chi connectivity index (χ2n) is 6.57. The van der Waals surface area contributed by atoms with Crippen molar-refractivity contribution in [3.8, 4) is 0 Å². The van der Waals surface area contributed by atoms with E-state index in [9.17, 15) is 0 Å². The topological polar surface area (TPSA) is 4.41 Å². The molecule has 0 aliphatic carbocycles. The number of para-hydroxylation sites is 1. The van der Waals surface area contributed by atoms with Gasteiger partial charge in [0.25, 0.3) is 0 Å². The van der Waals surface area contributed by atoms with Crippen LogP contribution in [0, 0.1) is 0 Å². The van der Waals surface area contributed by atoms with Gasteiger partial charge in [-0.15, -0.1) is 0 Å². The van der Waals surface area contributed by atoms with Crippen LogP contribution in [-0.4, -0.2) is 4.40 Å². The standard InChI is InChI=1S/C23H19N/c1-2-7-16-12-13-22-20(14-16)18-9-4-5-10-19(18)23-15-17-8-3-6-11-21(17)24(22)23/h3-6,8-15H,2,7H2,1H3. The van der Waals surface area contributed by atoms with Gasteiger partial charge < -0.3 is 4.40 Å². The number of pyridine rings is 1. The van der Waals surface area contributed by atoms with Crippen molar-refractivity contribution in [2.45, 2.75) is 19.8 Å². The van der Waals surface area contributed by atoms with Gasteiger partial charge in [-0.1, -0.05) is 61.9 Å². The highest BCUT2D eigenvalue weighted by Crippen LogP contribution is 2.34. The van der Waals surface area contributed by atoms with Gasteiger partial charge in [-0.2, -0.15) is 0 Å². The van der Waals surface area contributed by atoms with E-state index >= 15 is 0 Å². The number of aryl methyl sites for hydroxylation is 1. The number of nitrogens with zero attached hydrogens (tertiary/aromatic N) is 1. The van der Waals surface area contributed by atoms with Gasteiger partial charge in [-0.05, 0) is 41.6 Å². The van der Waals surface area contributed by atoms with Crippen LogP contribution >= 0.6 is 0 Å². The summed E-state index contributed by atoms with van der Waals surface area (Å²) in [4.78, 5) is 0. The highest BCUT2D eigenvalue weighted by molar-refractivity contribution is 6.15. The summed E-state index contributed by atoms with van der Waals surface area (Å²) in [5.41, 5.74) is 5.30. The number of hydrogen-bond acceptors (Lipinski definition) is 0. The minimum Gasteiger partial charge on any atom is -0.309 e. The Labute approximate surface area is 141 Å². The Bertz CT molecular complexity index is 1210. The molecular weight excluding hydrogens is 290 g/mol. The second-order valence-corrected chi connectivity index (χ2v) is 6.57. The molecule has 0 unspecified atom stereocenters. The Kier molecular flexibility index (Phi) is 2.90. The third-order valence-corrected chi connectivity index (χ3v) is 5.04. The molecule has 1 heteroatoms. The molecule has 3 aromatic carbocycles. The lowest BCUT2D eigenvalue weighted by Gasteiger charge is -2.11. The highest BCUT2D eigenvalue weighted by Gasteiger charge is 2.11. The van der Waals surface area contributed by atoms with E-state index in [1.165, 1.54) is 50.1 Å². The van der Waals surface area contributed by atoms with Crippen LogP contribution in [0.2, 0.25) is 0 Å². The molecule has 0 aliphatic heterocycles. The zero-order valence-electron chi connectivity index (χ0n) is 13.8. The van der Waals surface area contributed by atoms with Gasteiger partial charge in [0.2, 0.25) is 0 Å². The van der Waals surface area contributed by atoms with E-state index in [0.717, 1.165) is 6.42 Å². The molecule has 0 spiro atoms. The highest BCUT2D eigenvalue weighted by atomic mass is 14.9. The first-order valence-corrected chi connectivity index (χ1v) is 8.70. The number of benzene rings is 3. The summed E-state index contributed by atoms with van der Waals surface area (Å²) in [7, 11) is 0. The van der Waals surface area contributed by atoms with Gasteiger partial charge in [0, 0.05) is 16.2 Å². The molecule has 1 nitrogen and oxygen atoms in total. The average molecular weight is 309 g/mol. The zero-order valence-corrected chi connectivity index (χ0v) is 13.8. The molecule has 24 heavy (non-hydrogen) atoms. The first-order valence-electron chi connectivity index (χ1n) is 8.70. The summed E-state index contributed by atoms with van der Waals surface area (Å²) >= 11 is 0. The fraction of sp³-hybridized carbons (Fsp3) is 0.130. The lowest BCUT2D eigenvalue weighted by atomic mass is 10.0. The molecular formula is C23H19N. The van der Waals surface area contributed by atoms with Crippen molar-refractivity contribution in [1.82, 2.24) is 4.40 Å². The fourth-order valence-corrected chi connectivity index (χ4v) is 3.99.